The molecule has 6 nitrogen and oxygen atoms in total. The standard InChI is InChI=1S/C11H11ClF3N3O3/c1-2-21-10(20)6-4-16-7(5-17-8(19)3-12)18-9(6)11(13,14)15/h4H,2-3,5H2,1H3,(H,17,19). The number of nitrogens with one attached hydrogen (secondary N) is 1. The van der Waals surface area contributed by atoms with Crippen LogP contribution in [0.15, 0.2) is 6.20 Å². The quantitative estimate of drug-likeness (QED) is 0.656. The zero-order valence-electron chi connectivity index (χ0n) is 10.8. The van der Waals surface area contributed by atoms with E-state index in [4.69, 9.17) is 11.6 Å². The van der Waals surface area contributed by atoms with Crippen molar-refractivity contribution in [3.8, 4) is 0 Å². The van der Waals surface area contributed by atoms with Gasteiger partial charge in [0.2, 0.25) is 5.91 Å². The number of alkyl halides is 4. The molecule has 10 heteroatoms. The van der Waals surface area contributed by atoms with E-state index in [0.29, 0.717) is 0 Å². The number of hydrogen-bond donors (Lipinski definition) is 1. The molecule has 21 heavy (non-hydrogen) atoms. The lowest BCUT2D eigenvalue weighted by Gasteiger charge is -2.12. The summed E-state index contributed by atoms with van der Waals surface area (Å²) >= 11 is 5.23. The van der Waals surface area contributed by atoms with E-state index in [0.717, 1.165) is 6.20 Å². The molecule has 116 valence electrons. The van der Waals surface area contributed by atoms with Gasteiger partial charge in [0.1, 0.15) is 17.3 Å². The van der Waals surface area contributed by atoms with Crippen LogP contribution < -0.4 is 5.32 Å². The summed E-state index contributed by atoms with van der Waals surface area (Å²) < 4.78 is 43.2. The summed E-state index contributed by atoms with van der Waals surface area (Å²) in [4.78, 5) is 29.2. The number of rotatable bonds is 5. The first-order valence-corrected chi connectivity index (χ1v) is 6.26. The van der Waals surface area contributed by atoms with Gasteiger partial charge in [-0.25, -0.2) is 14.8 Å². The summed E-state index contributed by atoms with van der Waals surface area (Å²) in [6, 6.07) is 0. The lowest BCUT2D eigenvalue weighted by molar-refractivity contribution is -0.142. The van der Waals surface area contributed by atoms with Gasteiger partial charge in [0.25, 0.3) is 0 Å². The zero-order valence-corrected chi connectivity index (χ0v) is 11.6. The summed E-state index contributed by atoms with van der Waals surface area (Å²) in [6.45, 7) is 1.05. The van der Waals surface area contributed by atoms with Crippen molar-refractivity contribution in [1.82, 2.24) is 15.3 Å². The molecular weight excluding hydrogens is 315 g/mol. The van der Waals surface area contributed by atoms with Crippen LogP contribution in [0.3, 0.4) is 0 Å². The first kappa shape index (κ1) is 17.2. The van der Waals surface area contributed by atoms with Crippen molar-refractivity contribution < 1.29 is 27.5 Å². The van der Waals surface area contributed by atoms with Crippen molar-refractivity contribution in [2.75, 3.05) is 12.5 Å². The van der Waals surface area contributed by atoms with Crippen molar-refractivity contribution >= 4 is 23.5 Å². The van der Waals surface area contributed by atoms with Gasteiger partial charge in [-0.3, -0.25) is 4.79 Å². The molecule has 0 saturated heterocycles. The monoisotopic (exact) mass is 325 g/mol. The highest BCUT2D eigenvalue weighted by atomic mass is 35.5. The maximum absolute atomic E-state index is 12.9. The fourth-order valence-electron chi connectivity index (χ4n) is 1.30. The third-order valence-corrected chi connectivity index (χ3v) is 2.41. The van der Waals surface area contributed by atoms with Gasteiger partial charge in [0, 0.05) is 6.20 Å². The number of hydrogen-bond acceptors (Lipinski definition) is 5. The Morgan fingerprint density at radius 2 is 2.10 bits per heavy atom. The molecular formula is C11H11ClF3N3O3. The van der Waals surface area contributed by atoms with E-state index in [1.165, 1.54) is 6.92 Å². The van der Waals surface area contributed by atoms with Crippen molar-refractivity contribution in [3.63, 3.8) is 0 Å². The minimum Gasteiger partial charge on any atom is -0.462 e. The molecule has 0 radical (unpaired) electrons. The molecule has 0 fully saturated rings. The van der Waals surface area contributed by atoms with Gasteiger partial charge in [0.05, 0.1) is 13.2 Å². The van der Waals surface area contributed by atoms with Gasteiger partial charge in [-0.2, -0.15) is 13.2 Å². The molecule has 0 atom stereocenters. The van der Waals surface area contributed by atoms with Crippen molar-refractivity contribution in [2.24, 2.45) is 0 Å². The predicted molar refractivity (Wildman–Crippen MR) is 65.6 cm³/mol. The Morgan fingerprint density at radius 1 is 1.43 bits per heavy atom. The van der Waals surface area contributed by atoms with Crippen LogP contribution in [0.25, 0.3) is 0 Å². The first-order valence-electron chi connectivity index (χ1n) is 5.72. The summed E-state index contributed by atoms with van der Waals surface area (Å²) in [7, 11) is 0. The summed E-state index contributed by atoms with van der Waals surface area (Å²) in [6.07, 6.45) is -4.13. The Labute approximate surface area is 122 Å². The largest absolute Gasteiger partial charge is 0.462 e. The molecule has 0 saturated carbocycles. The van der Waals surface area contributed by atoms with Crippen LogP contribution in [0.1, 0.15) is 28.8 Å². The van der Waals surface area contributed by atoms with Crippen LogP contribution in [0.4, 0.5) is 13.2 Å². The van der Waals surface area contributed by atoms with E-state index in [9.17, 15) is 22.8 Å². The number of nitrogens with zero attached hydrogens (tertiary/aromatic N) is 2. The van der Waals surface area contributed by atoms with E-state index in [1.54, 1.807) is 0 Å². The van der Waals surface area contributed by atoms with Gasteiger partial charge in [-0.05, 0) is 6.92 Å². The lowest BCUT2D eigenvalue weighted by atomic mass is 10.2. The van der Waals surface area contributed by atoms with Crippen molar-refractivity contribution in [3.05, 3.63) is 23.3 Å². The molecule has 0 aliphatic heterocycles. The number of carbonyl (C=O) groups is 2. The molecule has 1 amide bonds. The summed E-state index contributed by atoms with van der Waals surface area (Å²) in [5.41, 5.74) is -2.19. The van der Waals surface area contributed by atoms with Gasteiger partial charge < -0.3 is 10.1 Å². The van der Waals surface area contributed by atoms with Gasteiger partial charge >= 0.3 is 12.1 Å². The third-order valence-electron chi connectivity index (χ3n) is 2.17. The number of halogens is 4. The fourth-order valence-corrected chi connectivity index (χ4v) is 1.40. The minimum atomic E-state index is -4.85. The topological polar surface area (TPSA) is 81.2 Å². The van der Waals surface area contributed by atoms with Crippen LogP contribution in [0.2, 0.25) is 0 Å². The molecule has 0 aliphatic rings. The molecule has 0 bridgehead atoms. The number of carbonyl (C=O) groups excluding carboxylic acids is 2. The normalized spacial score (nSPS) is 11.1. The second-order valence-corrected chi connectivity index (χ2v) is 3.94. The maximum atomic E-state index is 12.9. The molecule has 0 unspecified atom stereocenters. The van der Waals surface area contributed by atoms with Gasteiger partial charge in [-0.1, -0.05) is 0 Å². The average molecular weight is 326 g/mol. The molecule has 0 aliphatic carbocycles. The van der Waals surface area contributed by atoms with E-state index in [-0.39, 0.29) is 24.9 Å². The number of aromatic nitrogens is 2. The Balaban J connectivity index is 3.07. The van der Waals surface area contributed by atoms with E-state index >= 15 is 0 Å². The van der Waals surface area contributed by atoms with Crippen LogP contribution >= 0.6 is 11.6 Å². The molecule has 1 aromatic heterocycles. The average Bonchev–Trinajstić information content (AvgIpc) is 2.43. The smallest absolute Gasteiger partial charge is 0.434 e. The molecule has 0 aromatic carbocycles. The van der Waals surface area contributed by atoms with E-state index in [1.807, 2.05) is 0 Å². The highest BCUT2D eigenvalue weighted by molar-refractivity contribution is 6.27. The van der Waals surface area contributed by atoms with Crippen LogP contribution in [0, 0.1) is 0 Å². The molecule has 0 spiro atoms. The molecule has 1 rings (SSSR count). The summed E-state index contributed by atoms with van der Waals surface area (Å²) in [5.74, 6) is -2.38. The number of ether oxygens (including phenoxy) is 1. The van der Waals surface area contributed by atoms with Gasteiger partial charge in [0.15, 0.2) is 5.69 Å². The van der Waals surface area contributed by atoms with Gasteiger partial charge in [-0.15, -0.1) is 11.6 Å². The SMILES string of the molecule is CCOC(=O)c1cnc(CNC(=O)CCl)nc1C(F)(F)F. The minimum absolute atomic E-state index is 0.0797. The Hall–Kier alpha value is -1.90. The maximum Gasteiger partial charge on any atom is 0.434 e. The van der Waals surface area contributed by atoms with Crippen LogP contribution in [0.5, 0.6) is 0 Å². The Morgan fingerprint density at radius 3 is 2.62 bits per heavy atom. The van der Waals surface area contributed by atoms with E-state index < -0.39 is 29.3 Å². The first-order chi connectivity index (χ1) is 9.79. The predicted octanol–water partition coefficient (Wildman–Crippen LogP) is 1.53. The van der Waals surface area contributed by atoms with Crippen LogP contribution in [-0.4, -0.2) is 34.3 Å². The molecule has 1 heterocycles. The second kappa shape index (κ2) is 7.21. The Bertz CT molecular complexity index is 537. The number of amides is 1. The second-order valence-electron chi connectivity index (χ2n) is 3.68. The fraction of sp³-hybridized carbons (Fsp3) is 0.455. The Kier molecular flexibility index (Phi) is 5.89. The summed E-state index contributed by atoms with van der Waals surface area (Å²) in [5, 5.41) is 2.22. The highest BCUT2D eigenvalue weighted by Gasteiger charge is 2.38. The lowest BCUT2D eigenvalue weighted by Crippen LogP contribution is -2.26. The van der Waals surface area contributed by atoms with Crippen LogP contribution in [-0.2, 0) is 22.3 Å². The molecule has 1 N–H and O–H groups in total. The molecule has 1 aromatic rings. The van der Waals surface area contributed by atoms with Crippen molar-refractivity contribution in [2.45, 2.75) is 19.6 Å². The van der Waals surface area contributed by atoms with E-state index in [2.05, 4.69) is 20.0 Å². The third kappa shape index (κ3) is 4.85. The zero-order chi connectivity index (χ0) is 16.0. The highest BCUT2D eigenvalue weighted by Crippen LogP contribution is 2.30. The number of esters is 1. The van der Waals surface area contributed by atoms with Crippen molar-refractivity contribution in [1.29, 1.82) is 0 Å².